The first-order valence-corrected chi connectivity index (χ1v) is 13.5. The molecule has 5 nitrogen and oxygen atoms in total. The minimum absolute atomic E-state index is 0.0747. The molecule has 28 heavy (non-hydrogen) atoms. The Bertz CT molecular complexity index is 980. The number of nitrogens with zero attached hydrogens (tertiary/aromatic N) is 3. The van der Waals surface area contributed by atoms with E-state index in [-0.39, 0.29) is 5.92 Å². The molecule has 0 spiro atoms. The maximum Gasteiger partial charge on any atom is 0.188 e. The van der Waals surface area contributed by atoms with Crippen LogP contribution in [0, 0.1) is 5.92 Å². The molecule has 1 heterocycles. The van der Waals surface area contributed by atoms with Gasteiger partial charge in [-0.25, -0.2) is 4.68 Å². The zero-order valence-corrected chi connectivity index (χ0v) is 17.8. The van der Waals surface area contributed by atoms with Gasteiger partial charge in [0.2, 0.25) is 0 Å². The van der Waals surface area contributed by atoms with Crippen molar-refractivity contribution in [2.75, 3.05) is 0 Å². The molecule has 6 heteroatoms. The van der Waals surface area contributed by atoms with E-state index in [0.717, 1.165) is 29.6 Å². The molecule has 0 aliphatic heterocycles. The summed E-state index contributed by atoms with van der Waals surface area (Å²) in [6.07, 6.45) is 3.06. The van der Waals surface area contributed by atoms with E-state index in [1.165, 1.54) is 0 Å². The summed E-state index contributed by atoms with van der Waals surface area (Å²) in [4.78, 5) is 12.4. The van der Waals surface area contributed by atoms with Crippen LogP contribution in [0.5, 0.6) is 5.75 Å². The summed E-state index contributed by atoms with van der Waals surface area (Å²) in [6, 6.07) is 17.9. The molecule has 1 aliphatic rings. The van der Waals surface area contributed by atoms with Gasteiger partial charge in [0.1, 0.15) is 25.1 Å². The second kappa shape index (κ2) is 7.17. The lowest BCUT2D eigenvalue weighted by molar-refractivity contribution is -0.125. The standard InChI is InChI=1S/C22H27N3O2Si/c1-28(2,3)22(17-10-9-11-18(26)16-17,27-19-12-5-4-6-13-19)25-21-15-8-7-14-20(21)23-24-25/h4-8,12-15,17H,9-11,16H2,1-3H3. The number of aromatic nitrogens is 3. The maximum absolute atomic E-state index is 12.4. The summed E-state index contributed by atoms with van der Waals surface area (Å²) < 4.78 is 8.87. The summed E-state index contributed by atoms with van der Waals surface area (Å²) in [7, 11) is -2.07. The molecule has 1 aliphatic carbocycles. The molecule has 0 bridgehead atoms. The summed E-state index contributed by atoms with van der Waals surface area (Å²) in [5.74, 6) is 1.20. The molecule has 4 rings (SSSR count). The molecule has 0 radical (unpaired) electrons. The average Bonchev–Trinajstić information content (AvgIpc) is 3.10. The molecular formula is C22H27N3O2Si. The van der Waals surface area contributed by atoms with Crippen molar-refractivity contribution in [3.8, 4) is 5.75 Å². The van der Waals surface area contributed by atoms with Crippen molar-refractivity contribution in [2.45, 2.75) is 50.7 Å². The number of benzene rings is 2. The van der Waals surface area contributed by atoms with Crippen molar-refractivity contribution in [2.24, 2.45) is 5.92 Å². The number of hydrogen-bond donors (Lipinski definition) is 0. The number of fused-ring (bicyclic) bond motifs is 1. The second-order valence-electron chi connectivity index (χ2n) is 8.68. The van der Waals surface area contributed by atoms with Crippen LogP contribution < -0.4 is 4.74 Å². The number of ketones is 1. The fourth-order valence-corrected chi connectivity index (χ4v) is 7.22. The molecule has 0 saturated heterocycles. The van der Waals surface area contributed by atoms with E-state index in [1.54, 1.807) is 0 Å². The van der Waals surface area contributed by atoms with Gasteiger partial charge in [0.25, 0.3) is 0 Å². The molecule has 2 unspecified atom stereocenters. The van der Waals surface area contributed by atoms with Crippen LogP contribution in [0.2, 0.25) is 19.6 Å². The van der Waals surface area contributed by atoms with Crippen LogP contribution in [0.25, 0.3) is 11.0 Å². The number of hydrogen-bond acceptors (Lipinski definition) is 4. The van der Waals surface area contributed by atoms with Gasteiger partial charge in [-0.15, -0.1) is 5.10 Å². The van der Waals surface area contributed by atoms with Gasteiger partial charge >= 0.3 is 0 Å². The fourth-order valence-electron chi connectivity index (χ4n) is 4.52. The first-order chi connectivity index (χ1) is 13.4. The average molecular weight is 394 g/mol. The smallest absolute Gasteiger partial charge is 0.188 e. The van der Waals surface area contributed by atoms with Crippen molar-refractivity contribution in [1.82, 2.24) is 15.0 Å². The largest absolute Gasteiger partial charge is 0.470 e. The number of carbonyl (C=O) groups is 1. The molecule has 3 aromatic rings. The van der Waals surface area contributed by atoms with E-state index in [1.807, 2.05) is 59.3 Å². The quantitative estimate of drug-likeness (QED) is 0.584. The normalized spacial score (nSPS) is 20.1. The van der Waals surface area contributed by atoms with Crippen molar-refractivity contribution < 1.29 is 9.53 Å². The van der Waals surface area contributed by atoms with Crippen LogP contribution in [0.15, 0.2) is 54.6 Å². The molecule has 0 N–H and O–H groups in total. The highest BCUT2D eigenvalue weighted by Crippen LogP contribution is 2.45. The second-order valence-corrected chi connectivity index (χ2v) is 13.9. The zero-order chi connectivity index (χ0) is 19.8. The molecular weight excluding hydrogens is 366 g/mol. The number of carbonyl (C=O) groups excluding carboxylic acids is 1. The summed E-state index contributed by atoms with van der Waals surface area (Å²) in [5.41, 5.74) is 1.81. The van der Waals surface area contributed by atoms with Crippen LogP contribution >= 0.6 is 0 Å². The number of rotatable bonds is 5. The van der Waals surface area contributed by atoms with Crippen molar-refractivity contribution in [1.29, 1.82) is 0 Å². The van der Waals surface area contributed by atoms with E-state index in [0.29, 0.717) is 18.6 Å². The lowest BCUT2D eigenvalue weighted by atomic mass is 9.86. The maximum atomic E-state index is 12.4. The molecule has 0 amide bonds. The summed E-state index contributed by atoms with van der Waals surface area (Å²) in [5, 5.41) is 8.33. The van der Waals surface area contributed by atoms with Crippen LogP contribution in [0.1, 0.15) is 25.7 Å². The first kappa shape index (κ1) is 18.9. The third kappa shape index (κ3) is 3.15. The highest BCUT2D eigenvalue weighted by atomic mass is 28.3. The van der Waals surface area contributed by atoms with Crippen LogP contribution in [0.4, 0.5) is 0 Å². The topological polar surface area (TPSA) is 57.0 Å². The van der Waals surface area contributed by atoms with E-state index < -0.39 is 13.4 Å². The minimum Gasteiger partial charge on any atom is -0.470 e. The van der Waals surface area contributed by atoms with Crippen LogP contribution in [0.3, 0.4) is 0 Å². The lowest BCUT2D eigenvalue weighted by Crippen LogP contribution is -2.63. The minimum atomic E-state index is -2.07. The Morgan fingerprint density at radius 1 is 1.07 bits per heavy atom. The Morgan fingerprint density at radius 2 is 1.79 bits per heavy atom. The lowest BCUT2D eigenvalue weighted by Gasteiger charge is -2.49. The highest BCUT2D eigenvalue weighted by molar-refractivity contribution is 6.78. The summed E-state index contributed by atoms with van der Waals surface area (Å²) >= 11 is 0. The van der Waals surface area contributed by atoms with Gasteiger partial charge < -0.3 is 4.74 Å². The Morgan fingerprint density at radius 3 is 2.50 bits per heavy atom. The predicted octanol–water partition coefficient (Wildman–Crippen LogP) is 4.80. The van der Waals surface area contributed by atoms with E-state index >= 15 is 0 Å². The van der Waals surface area contributed by atoms with Crippen molar-refractivity contribution >= 4 is 24.9 Å². The first-order valence-electron chi connectivity index (χ1n) is 9.98. The predicted molar refractivity (Wildman–Crippen MR) is 113 cm³/mol. The monoisotopic (exact) mass is 393 g/mol. The third-order valence-corrected chi connectivity index (χ3v) is 8.66. The number of para-hydroxylation sites is 2. The van der Waals surface area contributed by atoms with Gasteiger partial charge in [0.15, 0.2) is 5.35 Å². The summed E-state index contributed by atoms with van der Waals surface area (Å²) in [6.45, 7) is 6.89. The molecule has 1 saturated carbocycles. The fraction of sp³-hybridized carbons (Fsp3) is 0.409. The van der Waals surface area contributed by atoms with E-state index in [4.69, 9.17) is 4.74 Å². The molecule has 146 valence electrons. The molecule has 2 atom stereocenters. The van der Waals surface area contributed by atoms with Crippen molar-refractivity contribution in [3.05, 3.63) is 54.6 Å². The Kier molecular flexibility index (Phi) is 4.83. The van der Waals surface area contributed by atoms with E-state index in [9.17, 15) is 4.79 Å². The number of Topliss-reactive ketones (excluding diaryl/α,β-unsaturated/α-hetero) is 1. The van der Waals surface area contributed by atoms with Gasteiger partial charge in [-0.1, -0.05) is 55.2 Å². The van der Waals surface area contributed by atoms with Gasteiger partial charge in [0, 0.05) is 18.8 Å². The van der Waals surface area contributed by atoms with Gasteiger partial charge in [-0.3, -0.25) is 4.79 Å². The van der Waals surface area contributed by atoms with Gasteiger partial charge in [-0.05, 0) is 37.1 Å². The molecule has 1 aromatic heterocycles. The molecule has 2 aromatic carbocycles. The molecule has 1 fully saturated rings. The van der Waals surface area contributed by atoms with Crippen LogP contribution in [-0.4, -0.2) is 28.9 Å². The van der Waals surface area contributed by atoms with Gasteiger partial charge in [-0.2, -0.15) is 0 Å². The zero-order valence-electron chi connectivity index (χ0n) is 16.8. The third-order valence-electron chi connectivity index (χ3n) is 5.79. The SMILES string of the molecule is C[Si](C)(C)C(Oc1ccccc1)(C1CCCC(=O)C1)n1nnc2ccccc21. The highest BCUT2D eigenvalue weighted by Gasteiger charge is 2.55. The van der Waals surface area contributed by atoms with Gasteiger partial charge in [0.05, 0.1) is 5.52 Å². The van der Waals surface area contributed by atoms with E-state index in [2.05, 4.69) is 30.0 Å². The Hall–Kier alpha value is -2.47. The Labute approximate surface area is 166 Å². The number of ether oxygens (including phenoxy) is 1. The Balaban J connectivity index is 1.96. The van der Waals surface area contributed by atoms with Crippen molar-refractivity contribution in [3.63, 3.8) is 0 Å². The van der Waals surface area contributed by atoms with Crippen LogP contribution in [-0.2, 0) is 10.1 Å².